The van der Waals surface area contributed by atoms with Crippen molar-refractivity contribution in [3.05, 3.63) is 59.2 Å². The van der Waals surface area contributed by atoms with Gasteiger partial charge in [0.25, 0.3) is 11.8 Å². The van der Waals surface area contributed by atoms with Crippen molar-refractivity contribution in [2.75, 3.05) is 13.2 Å². The van der Waals surface area contributed by atoms with E-state index in [2.05, 4.69) is 17.8 Å². The molecule has 0 aliphatic rings. The van der Waals surface area contributed by atoms with Crippen molar-refractivity contribution in [3.63, 3.8) is 0 Å². The summed E-state index contributed by atoms with van der Waals surface area (Å²) in [5.41, 5.74) is 8.01. The molecule has 0 spiro atoms. The van der Waals surface area contributed by atoms with E-state index in [4.69, 9.17) is 9.47 Å². The molecule has 6 nitrogen and oxygen atoms in total. The lowest BCUT2D eigenvalue weighted by Crippen LogP contribution is -2.45. The smallest absolute Gasteiger partial charge is 0.276 e. The molecule has 0 heterocycles. The van der Waals surface area contributed by atoms with Gasteiger partial charge in [-0.05, 0) is 61.2 Å². The SMILES string of the molecule is CCc1ccc(OCC(=O)NNC(=O)COc2ccc(C)c(C)c2)cc1. The Morgan fingerprint density at radius 3 is 1.88 bits per heavy atom. The van der Waals surface area contributed by atoms with Crippen LogP contribution < -0.4 is 20.3 Å². The summed E-state index contributed by atoms with van der Waals surface area (Å²) in [6.45, 7) is 5.65. The number of hydrazine groups is 1. The van der Waals surface area contributed by atoms with Gasteiger partial charge in [0.15, 0.2) is 13.2 Å². The summed E-state index contributed by atoms with van der Waals surface area (Å²) in [6, 6.07) is 13.1. The lowest BCUT2D eigenvalue weighted by molar-refractivity contribution is -0.131. The molecular formula is C20H24N2O4. The van der Waals surface area contributed by atoms with Gasteiger partial charge in [0, 0.05) is 0 Å². The van der Waals surface area contributed by atoms with E-state index in [0.29, 0.717) is 11.5 Å². The number of hydrogen-bond donors (Lipinski definition) is 2. The highest BCUT2D eigenvalue weighted by molar-refractivity contribution is 5.83. The Bertz CT molecular complexity index is 757. The quantitative estimate of drug-likeness (QED) is 0.747. The summed E-state index contributed by atoms with van der Waals surface area (Å²) >= 11 is 0. The number of carbonyl (C=O) groups excluding carboxylic acids is 2. The monoisotopic (exact) mass is 356 g/mol. The van der Waals surface area contributed by atoms with Crippen LogP contribution >= 0.6 is 0 Å². The molecule has 2 aromatic carbocycles. The highest BCUT2D eigenvalue weighted by Gasteiger charge is 2.07. The molecule has 2 rings (SSSR count). The first-order valence-corrected chi connectivity index (χ1v) is 8.47. The number of amides is 2. The van der Waals surface area contributed by atoms with Gasteiger partial charge < -0.3 is 9.47 Å². The molecule has 0 bridgehead atoms. The first-order valence-electron chi connectivity index (χ1n) is 8.47. The third kappa shape index (κ3) is 6.12. The lowest BCUT2D eigenvalue weighted by Gasteiger charge is -2.10. The molecule has 0 aromatic heterocycles. The lowest BCUT2D eigenvalue weighted by atomic mass is 10.1. The van der Waals surface area contributed by atoms with Crippen molar-refractivity contribution in [1.82, 2.24) is 10.9 Å². The first-order chi connectivity index (χ1) is 12.5. The average Bonchev–Trinajstić information content (AvgIpc) is 2.66. The molecule has 0 aliphatic carbocycles. The molecule has 2 amide bonds. The van der Waals surface area contributed by atoms with Crippen LogP contribution in [-0.2, 0) is 16.0 Å². The largest absolute Gasteiger partial charge is 0.484 e. The molecule has 138 valence electrons. The van der Waals surface area contributed by atoms with Crippen molar-refractivity contribution in [3.8, 4) is 11.5 Å². The maximum absolute atomic E-state index is 11.7. The third-order valence-electron chi connectivity index (χ3n) is 3.89. The predicted molar refractivity (Wildman–Crippen MR) is 99.0 cm³/mol. The van der Waals surface area contributed by atoms with Crippen LogP contribution in [0.5, 0.6) is 11.5 Å². The van der Waals surface area contributed by atoms with Gasteiger partial charge in [-0.1, -0.05) is 25.1 Å². The van der Waals surface area contributed by atoms with E-state index < -0.39 is 11.8 Å². The van der Waals surface area contributed by atoms with Gasteiger partial charge in [0.1, 0.15) is 11.5 Å². The van der Waals surface area contributed by atoms with Gasteiger partial charge in [0.2, 0.25) is 0 Å². The van der Waals surface area contributed by atoms with Gasteiger partial charge in [-0.2, -0.15) is 0 Å². The zero-order valence-electron chi connectivity index (χ0n) is 15.3. The summed E-state index contributed by atoms with van der Waals surface area (Å²) in [5, 5.41) is 0. The van der Waals surface area contributed by atoms with Crippen molar-refractivity contribution in [2.24, 2.45) is 0 Å². The standard InChI is InChI=1S/C20H24N2O4/c1-4-16-6-9-17(10-7-16)25-12-19(23)21-22-20(24)13-26-18-8-5-14(2)15(3)11-18/h5-11H,4,12-13H2,1-3H3,(H,21,23)(H,22,24). The predicted octanol–water partition coefficient (Wildman–Crippen LogP) is 2.47. The molecule has 0 radical (unpaired) electrons. The first kappa shape index (κ1) is 19.3. The van der Waals surface area contributed by atoms with E-state index in [1.54, 1.807) is 6.07 Å². The molecule has 0 fully saturated rings. The van der Waals surface area contributed by atoms with Gasteiger partial charge in [0.05, 0.1) is 0 Å². The van der Waals surface area contributed by atoms with Gasteiger partial charge in [-0.15, -0.1) is 0 Å². The fourth-order valence-corrected chi connectivity index (χ4v) is 2.13. The van der Waals surface area contributed by atoms with Crippen LogP contribution in [0.2, 0.25) is 0 Å². The van der Waals surface area contributed by atoms with Crippen molar-refractivity contribution in [2.45, 2.75) is 27.2 Å². The highest BCUT2D eigenvalue weighted by atomic mass is 16.5. The maximum Gasteiger partial charge on any atom is 0.276 e. The molecule has 26 heavy (non-hydrogen) atoms. The topological polar surface area (TPSA) is 76.7 Å². The number of benzene rings is 2. The number of rotatable bonds is 7. The van der Waals surface area contributed by atoms with Crippen LogP contribution in [0.25, 0.3) is 0 Å². The Morgan fingerprint density at radius 1 is 0.808 bits per heavy atom. The molecule has 0 atom stereocenters. The minimum Gasteiger partial charge on any atom is -0.484 e. The van der Waals surface area contributed by atoms with Crippen LogP contribution in [0, 0.1) is 13.8 Å². The summed E-state index contributed by atoms with van der Waals surface area (Å²) in [6.07, 6.45) is 0.941. The number of aryl methyl sites for hydroxylation is 3. The van der Waals surface area contributed by atoms with E-state index in [9.17, 15) is 9.59 Å². The summed E-state index contributed by atoms with van der Waals surface area (Å²) in [7, 11) is 0. The summed E-state index contributed by atoms with van der Waals surface area (Å²) < 4.78 is 10.8. The zero-order chi connectivity index (χ0) is 18.9. The Hall–Kier alpha value is -3.02. The van der Waals surface area contributed by atoms with Crippen molar-refractivity contribution < 1.29 is 19.1 Å². The summed E-state index contributed by atoms with van der Waals surface area (Å²) in [4.78, 5) is 23.4. The van der Waals surface area contributed by atoms with E-state index in [0.717, 1.165) is 17.5 Å². The Kier molecular flexibility index (Phi) is 7.02. The van der Waals surface area contributed by atoms with Gasteiger partial charge >= 0.3 is 0 Å². The molecule has 2 N–H and O–H groups in total. The van der Waals surface area contributed by atoms with E-state index in [1.807, 2.05) is 50.2 Å². The highest BCUT2D eigenvalue weighted by Crippen LogP contribution is 2.16. The second-order valence-corrected chi connectivity index (χ2v) is 5.92. The number of carbonyl (C=O) groups is 2. The fourth-order valence-electron chi connectivity index (χ4n) is 2.13. The maximum atomic E-state index is 11.7. The number of hydrogen-bond acceptors (Lipinski definition) is 4. The number of ether oxygens (including phenoxy) is 2. The molecule has 6 heteroatoms. The minimum atomic E-state index is -0.455. The van der Waals surface area contributed by atoms with E-state index in [1.165, 1.54) is 5.56 Å². The normalized spacial score (nSPS) is 10.1. The Labute approximate surface area is 153 Å². The van der Waals surface area contributed by atoms with Crippen LogP contribution in [0.15, 0.2) is 42.5 Å². The number of nitrogens with one attached hydrogen (secondary N) is 2. The van der Waals surface area contributed by atoms with Crippen LogP contribution in [0.4, 0.5) is 0 Å². The molecule has 0 saturated carbocycles. The third-order valence-corrected chi connectivity index (χ3v) is 3.89. The second-order valence-electron chi connectivity index (χ2n) is 5.92. The van der Waals surface area contributed by atoms with Crippen LogP contribution in [0.3, 0.4) is 0 Å². The van der Waals surface area contributed by atoms with E-state index in [-0.39, 0.29) is 13.2 Å². The summed E-state index contributed by atoms with van der Waals surface area (Å²) in [5.74, 6) is 0.295. The average molecular weight is 356 g/mol. The Balaban J connectivity index is 1.67. The minimum absolute atomic E-state index is 0.191. The Morgan fingerprint density at radius 2 is 1.35 bits per heavy atom. The second kappa shape index (κ2) is 9.46. The van der Waals surface area contributed by atoms with Crippen molar-refractivity contribution >= 4 is 11.8 Å². The molecule has 2 aromatic rings. The molecule has 0 saturated heterocycles. The zero-order valence-corrected chi connectivity index (χ0v) is 15.3. The fraction of sp³-hybridized carbons (Fsp3) is 0.300. The van der Waals surface area contributed by atoms with Gasteiger partial charge in [-0.3, -0.25) is 20.4 Å². The van der Waals surface area contributed by atoms with Gasteiger partial charge in [-0.25, -0.2) is 0 Å². The van der Waals surface area contributed by atoms with E-state index >= 15 is 0 Å². The van der Waals surface area contributed by atoms with Crippen LogP contribution in [-0.4, -0.2) is 25.0 Å². The molecule has 0 aliphatic heterocycles. The molecular weight excluding hydrogens is 332 g/mol. The van der Waals surface area contributed by atoms with Crippen molar-refractivity contribution in [1.29, 1.82) is 0 Å². The van der Waals surface area contributed by atoms with Crippen LogP contribution in [0.1, 0.15) is 23.6 Å². The molecule has 0 unspecified atom stereocenters.